The molecule has 0 radical (unpaired) electrons. The molecular weight excluding hydrogens is 304 g/mol. The van der Waals surface area contributed by atoms with Crippen LogP contribution in [0.5, 0.6) is 0 Å². The van der Waals surface area contributed by atoms with E-state index in [9.17, 15) is 9.59 Å². The number of benzene rings is 2. The molecule has 2 atom stereocenters. The molecule has 0 aliphatic heterocycles. The van der Waals surface area contributed by atoms with Gasteiger partial charge in [-0.2, -0.15) is 0 Å². The van der Waals surface area contributed by atoms with Gasteiger partial charge >= 0.3 is 5.97 Å². The molecule has 0 saturated heterocycles. The average Bonchev–Trinajstić information content (AvgIpc) is 2.67. The molecule has 0 unspecified atom stereocenters. The fourth-order valence-corrected chi connectivity index (χ4v) is 2.02. The SMILES string of the molecule is CNC(=O)[C@@H](N)c1ccccc1.COC(=O)[C@@H](C)c1ccccc1. The van der Waals surface area contributed by atoms with E-state index < -0.39 is 6.04 Å². The van der Waals surface area contributed by atoms with Crippen LogP contribution in [0.1, 0.15) is 30.0 Å². The molecule has 0 aliphatic carbocycles. The fourth-order valence-electron chi connectivity index (χ4n) is 2.02. The number of esters is 1. The quantitative estimate of drug-likeness (QED) is 0.845. The van der Waals surface area contributed by atoms with Crippen molar-refractivity contribution in [1.29, 1.82) is 0 Å². The van der Waals surface area contributed by atoms with Crippen LogP contribution in [-0.4, -0.2) is 26.0 Å². The van der Waals surface area contributed by atoms with Gasteiger partial charge in [0.25, 0.3) is 0 Å². The number of amides is 1. The molecule has 5 nitrogen and oxygen atoms in total. The molecule has 2 aromatic carbocycles. The van der Waals surface area contributed by atoms with Crippen LogP contribution in [0.25, 0.3) is 0 Å². The standard InChI is InChI=1S/C10H12O2.C9H12N2O/c1-8(10(11)12-2)9-6-4-3-5-7-9;1-11-9(12)8(10)7-5-3-2-4-6-7/h3-8H,1-2H3;2-6,8H,10H2,1H3,(H,11,12)/t2*8-/m00/s1. The van der Waals surface area contributed by atoms with Crippen LogP contribution >= 0.6 is 0 Å². The summed E-state index contributed by atoms with van der Waals surface area (Å²) in [5.74, 6) is -0.529. The van der Waals surface area contributed by atoms with Gasteiger partial charge in [0.2, 0.25) is 5.91 Å². The fraction of sp³-hybridized carbons (Fsp3) is 0.263. The molecule has 24 heavy (non-hydrogen) atoms. The van der Waals surface area contributed by atoms with Gasteiger partial charge in [-0.15, -0.1) is 0 Å². The first-order chi connectivity index (χ1) is 11.5. The summed E-state index contributed by atoms with van der Waals surface area (Å²) >= 11 is 0. The predicted molar refractivity (Wildman–Crippen MR) is 94.3 cm³/mol. The van der Waals surface area contributed by atoms with Crippen LogP contribution in [0.4, 0.5) is 0 Å². The predicted octanol–water partition coefficient (Wildman–Crippen LogP) is 2.40. The minimum atomic E-state index is -0.559. The highest BCUT2D eigenvalue weighted by molar-refractivity contribution is 5.82. The lowest BCUT2D eigenvalue weighted by Crippen LogP contribution is -2.31. The Kier molecular flexibility index (Phi) is 8.22. The Hall–Kier alpha value is -2.66. The van der Waals surface area contributed by atoms with Crippen LogP contribution in [0.3, 0.4) is 0 Å². The van der Waals surface area contributed by atoms with Gasteiger partial charge in [-0.25, -0.2) is 0 Å². The number of nitrogens with one attached hydrogen (secondary N) is 1. The van der Waals surface area contributed by atoms with Crippen LogP contribution < -0.4 is 11.1 Å². The minimum absolute atomic E-state index is 0.166. The number of rotatable bonds is 4. The highest BCUT2D eigenvalue weighted by Gasteiger charge is 2.14. The highest BCUT2D eigenvalue weighted by Crippen LogP contribution is 2.15. The monoisotopic (exact) mass is 328 g/mol. The van der Waals surface area contributed by atoms with E-state index in [4.69, 9.17) is 5.73 Å². The smallest absolute Gasteiger partial charge is 0.312 e. The second kappa shape index (κ2) is 10.2. The van der Waals surface area contributed by atoms with E-state index in [0.717, 1.165) is 11.1 Å². The van der Waals surface area contributed by atoms with Crippen molar-refractivity contribution in [2.24, 2.45) is 5.73 Å². The molecular formula is C19H24N2O3. The third-order valence-electron chi connectivity index (χ3n) is 3.54. The van der Waals surface area contributed by atoms with Gasteiger partial charge in [-0.1, -0.05) is 60.7 Å². The number of hydrogen-bond donors (Lipinski definition) is 2. The molecule has 0 bridgehead atoms. The molecule has 0 aliphatic rings. The number of carbonyl (C=O) groups is 2. The number of likely N-dealkylation sites (N-methyl/N-ethyl adjacent to an activating group) is 1. The van der Waals surface area contributed by atoms with Crippen molar-refractivity contribution in [3.63, 3.8) is 0 Å². The van der Waals surface area contributed by atoms with Crippen molar-refractivity contribution >= 4 is 11.9 Å². The Morgan fingerprint density at radius 3 is 1.83 bits per heavy atom. The maximum absolute atomic E-state index is 11.1. The number of carbonyl (C=O) groups excluding carboxylic acids is 2. The zero-order valence-corrected chi connectivity index (χ0v) is 14.2. The zero-order chi connectivity index (χ0) is 17.9. The van der Waals surface area contributed by atoms with Crippen LogP contribution in [0, 0.1) is 0 Å². The van der Waals surface area contributed by atoms with Gasteiger partial charge in [0, 0.05) is 7.05 Å². The first-order valence-corrected chi connectivity index (χ1v) is 7.66. The number of nitrogens with two attached hydrogens (primary N) is 1. The van der Waals surface area contributed by atoms with Crippen molar-refractivity contribution in [3.05, 3.63) is 71.8 Å². The van der Waals surface area contributed by atoms with Crippen molar-refractivity contribution in [1.82, 2.24) is 5.32 Å². The average molecular weight is 328 g/mol. The summed E-state index contributed by atoms with van der Waals surface area (Å²) in [7, 11) is 2.98. The Morgan fingerprint density at radius 2 is 1.42 bits per heavy atom. The third kappa shape index (κ3) is 5.85. The Bertz CT molecular complexity index is 572. The van der Waals surface area contributed by atoms with Crippen molar-refractivity contribution in [2.75, 3.05) is 14.2 Å². The molecule has 5 heteroatoms. The first kappa shape index (κ1) is 19.4. The van der Waals surface area contributed by atoms with E-state index in [-0.39, 0.29) is 17.8 Å². The van der Waals surface area contributed by atoms with Gasteiger partial charge in [-0.05, 0) is 18.1 Å². The Labute approximate surface area is 142 Å². The summed E-state index contributed by atoms with van der Waals surface area (Å²) < 4.78 is 4.63. The summed E-state index contributed by atoms with van der Waals surface area (Å²) in [4.78, 5) is 22.2. The Balaban J connectivity index is 0.000000240. The van der Waals surface area contributed by atoms with E-state index in [1.165, 1.54) is 7.11 Å². The van der Waals surface area contributed by atoms with Crippen LogP contribution in [0.15, 0.2) is 60.7 Å². The lowest BCUT2D eigenvalue weighted by atomic mass is 10.0. The van der Waals surface area contributed by atoms with Crippen molar-refractivity contribution in [3.8, 4) is 0 Å². The maximum Gasteiger partial charge on any atom is 0.312 e. The molecule has 2 rings (SSSR count). The summed E-state index contributed by atoms with van der Waals surface area (Å²) in [5.41, 5.74) is 7.46. The Morgan fingerprint density at radius 1 is 0.958 bits per heavy atom. The molecule has 3 N–H and O–H groups in total. The molecule has 128 valence electrons. The van der Waals surface area contributed by atoms with Gasteiger partial charge in [0.05, 0.1) is 13.0 Å². The third-order valence-corrected chi connectivity index (χ3v) is 3.54. The van der Waals surface area contributed by atoms with Gasteiger partial charge in [-0.3, -0.25) is 9.59 Å². The summed E-state index contributed by atoms with van der Waals surface area (Å²) in [6.45, 7) is 1.83. The second-order valence-corrected chi connectivity index (χ2v) is 5.16. The molecule has 0 spiro atoms. The van der Waals surface area contributed by atoms with E-state index in [1.54, 1.807) is 7.05 Å². The number of hydrogen-bond acceptors (Lipinski definition) is 4. The first-order valence-electron chi connectivity index (χ1n) is 7.66. The zero-order valence-electron chi connectivity index (χ0n) is 14.2. The molecule has 0 aromatic heterocycles. The highest BCUT2D eigenvalue weighted by atomic mass is 16.5. The summed E-state index contributed by atoms with van der Waals surface area (Å²) in [6, 6.07) is 18.3. The number of methoxy groups -OCH3 is 1. The van der Waals surface area contributed by atoms with E-state index >= 15 is 0 Å². The minimum Gasteiger partial charge on any atom is -0.469 e. The largest absolute Gasteiger partial charge is 0.469 e. The van der Waals surface area contributed by atoms with Crippen molar-refractivity contribution < 1.29 is 14.3 Å². The maximum atomic E-state index is 11.1. The molecule has 0 heterocycles. The molecule has 0 saturated carbocycles. The topological polar surface area (TPSA) is 81.4 Å². The molecule has 1 amide bonds. The molecule has 2 aromatic rings. The van der Waals surface area contributed by atoms with E-state index in [2.05, 4.69) is 10.1 Å². The summed E-state index contributed by atoms with van der Waals surface area (Å²) in [6.07, 6.45) is 0. The summed E-state index contributed by atoms with van der Waals surface area (Å²) in [5, 5.41) is 2.50. The lowest BCUT2D eigenvalue weighted by Gasteiger charge is -2.09. The van der Waals surface area contributed by atoms with Crippen molar-refractivity contribution in [2.45, 2.75) is 18.9 Å². The van der Waals surface area contributed by atoms with E-state index in [1.807, 2.05) is 67.6 Å². The second-order valence-electron chi connectivity index (χ2n) is 5.16. The van der Waals surface area contributed by atoms with Gasteiger partial charge in [0.15, 0.2) is 0 Å². The van der Waals surface area contributed by atoms with Gasteiger partial charge in [0.1, 0.15) is 6.04 Å². The number of ether oxygens (including phenoxy) is 1. The van der Waals surface area contributed by atoms with E-state index in [0.29, 0.717) is 0 Å². The van der Waals surface area contributed by atoms with Crippen LogP contribution in [0.2, 0.25) is 0 Å². The lowest BCUT2D eigenvalue weighted by molar-refractivity contribution is -0.142. The van der Waals surface area contributed by atoms with Crippen LogP contribution in [-0.2, 0) is 14.3 Å². The van der Waals surface area contributed by atoms with Gasteiger partial charge < -0.3 is 15.8 Å². The molecule has 0 fully saturated rings. The normalized spacial score (nSPS) is 12.2.